The maximum absolute atomic E-state index is 13.8. The third kappa shape index (κ3) is 8.48. The normalized spacial score (nSPS) is 21.0. The lowest BCUT2D eigenvalue weighted by atomic mass is 10.0. The molecule has 63 heavy (non-hydrogen) atoms. The second-order valence-corrected chi connectivity index (χ2v) is 17.6. The molecule has 0 saturated carbocycles. The first kappa shape index (κ1) is 43.0. The van der Waals surface area contributed by atoms with E-state index in [-0.39, 0.29) is 47.8 Å². The molecule has 0 spiro atoms. The fraction of sp³-hybridized carbons (Fsp3) is 0.468. The molecule has 3 fully saturated rings. The molecular weight excluding hydrogens is 801 g/mol. The van der Waals surface area contributed by atoms with Crippen LogP contribution in [0.15, 0.2) is 60.7 Å². The minimum atomic E-state index is -0.720. The first-order valence-electron chi connectivity index (χ1n) is 22.0. The van der Waals surface area contributed by atoms with Crippen LogP contribution < -0.4 is 15.5 Å². The maximum Gasteiger partial charge on any atom is 0.407 e. The molecule has 6 atom stereocenters. The molecule has 3 aliphatic heterocycles. The molecule has 3 aromatic carbocycles. The highest BCUT2D eigenvalue weighted by Crippen LogP contribution is 2.48. The number of likely N-dealkylation sites (tertiary alicyclic amines) is 2. The highest BCUT2D eigenvalue weighted by Gasteiger charge is 2.40. The zero-order valence-electron chi connectivity index (χ0n) is 36.7. The number of hydrogen-bond donors (Lipinski definition) is 4. The number of nitrogens with one attached hydrogen (secondary N) is 4. The molecule has 330 valence electrons. The van der Waals surface area contributed by atoms with Crippen molar-refractivity contribution in [2.75, 3.05) is 32.2 Å². The first-order chi connectivity index (χ1) is 30.4. The van der Waals surface area contributed by atoms with Crippen LogP contribution in [0.4, 0.5) is 15.3 Å². The number of aromatic nitrogens is 4. The minimum Gasteiger partial charge on any atom is -0.453 e. The van der Waals surface area contributed by atoms with Crippen LogP contribution in [-0.2, 0) is 19.1 Å². The number of H-pyrrole nitrogens is 2. The Hall–Kier alpha value is -6.63. The lowest BCUT2D eigenvalue weighted by Gasteiger charge is -2.33. The Morgan fingerprint density at radius 1 is 0.667 bits per heavy atom. The number of carbonyl (C=O) groups is 4. The number of imidazole rings is 2. The molecule has 0 aliphatic carbocycles. The number of anilines is 1. The van der Waals surface area contributed by atoms with Gasteiger partial charge in [-0.2, -0.15) is 5.26 Å². The monoisotopic (exact) mass is 856 g/mol. The van der Waals surface area contributed by atoms with Gasteiger partial charge in [-0.25, -0.2) is 19.6 Å². The van der Waals surface area contributed by atoms with Crippen LogP contribution in [0.5, 0.6) is 0 Å². The Bertz CT molecular complexity index is 2400. The number of benzene rings is 3. The van der Waals surface area contributed by atoms with Crippen LogP contribution >= 0.6 is 0 Å². The van der Waals surface area contributed by atoms with Crippen molar-refractivity contribution in [3.8, 4) is 6.07 Å². The van der Waals surface area contributed by atoms with Crippen LogP contribution in [0.1, 0.15) is 119 Å². The van der Waals surface area contributed by atoms with Gasteiger partial charge >= 0.3 is 12.2 Å². The van der Waals surface area contributed by atoms with Crippen molar-refractivity contribution < 1.29 is 28.7 Å². The van der Waals surface area contributed by atoms with Gasteiger partial charge in [0, 0.05) is 18.8 Å². The van der Waals surface area contributed by atoms with Crippen molar-refractivity contribution in [3.05, 3.63) is 89.0 Å². The summed E-state index contributed by atoms with van der Waals surface area (Å²) in [4.78, 5) is 75.1. The summed E-state index contributed by atoms with van der Waals surface area (Å²) in [6, 6.07) is 20.7. The van der Waals surface area contributed by atoms with Crippen LogP contribution in [0.2, 0.25) is 0 Å². The first-order valence-corrected chi connectivity index (χ1v) is 22.0. The van der Waals surface area contributed by atoms with Gasteiger partial charge in [0.2, 0.25) is 11.8 Å². The van der Waals surface area contributed by atoms with E-state index < -0.39 is 24.3 Å². The molecule has 4 amide bonds. The highest BCUT2D eigenvalue weighted by atomic mass is 16.5. The standard InChI is InChI=1S/C47H56N10O6/c1-26(2)40(53-46(60)62-5)44(58)55-21-7-9-38(55)42-49-32-17-13-29(23-34(32)51-42)36-19-20-37(57(36)31-15-11-28(25-48)12-16-31)30-14-18-33-35(24-30)52-43(50-33)39-10-8-22-56(39)45(59)41(27(3)4)54-47(61)63-6/h11-18,23-24,26-27,36-41H,7-10,19-22H2,1-6H3,(H,49,51)(H,50,52)(H,53,60)(H,54,61)/t36-,37-,38+,39+,40+,41+/m1/s1. The smallest absolute Gasteiger partial charge is 0.407 e. The number of nitriles is 1. The number of nitrogens with zero attached hydrogens (tertiary/aromatic N) is 6. The maximum atomic E-state index is 13.8. The van der Waals surface area contributed by atoms with E-state index in [1.807, 2.05) is 67.8 Å². The third-order valence-corrected chi connectivity index (χ3v) is 13.0. The predicted molar refractivity (Wildman–Crippen MR) is 236 cm³/mol. The van der Waals surface area contributed by atoms with Crippen LogP contribution in [0.3, 0.4) is 0 Å². The van der Waals surface area contributed by atoms with Gasteiger partial charge in [0.25, 0.3) is 0 Å². The van der Waals surface area contributed by atoms with E-state index in [4.69, 9.17) is 19.4 Å². The molecule has 0 radical (unpaired) electrons. The van der Waals surface area contributed by atoms with Crippen LogP contribution in [0, 0.1) is 23.2 Å². The molecular formula is C47H56N10O6. The van der Waals surface area contributed by atoms with Crippen molar-refractivity contribution in [3.63, 3.8) is 0 Å². The molecule has 0 unspecified atom stereocenters. The molecule has 16 heteroatoms. The number of hydrogen-bond acceptors (Lipinski definition) is 10. The molecule has 2 aromatic heterocycles. The van der Waals surface area contributed by atoms with Gasteiger partial charge in [-0.3, -0.25) is 9.59 Å². The van der Waals surface area contributed by atoms with E-state index >= 15 is 0 Å². The van der Waals surface area contributed by atoms with Crippen molar-refractivity contribution in [1.29, 1.82) is 5.26 Å². The fourth-order valence-corrected chi connectivity index (χ4v) is 9.74. The zero-order chi connectivity index (χ0) is 44.5. The second kappa shape index (κ2) is 18.0. The zero-order valence-corrected chi connectivity index (χ0v) is 36.7. The number of carbonyl (C=O) groups excluding carboxylic acids is 4. The number of aromatic amines is 2. The average Bonchev–Trinajstić information content (AvgIpc) is 4.14. The Morgan fingerprint density at radius 3 is 1.70 bits per heavy atom. The molecule has 4 N–H and O–H groups in total. The molecule has 3 aliphatic rings. The topological polar surface area (TPSA) is 202 Å². The van der Waals surface area contributed by atoms with Gasteiger partial charge in [-0.05, 0) is 110 Å². The summed E-state index contributed by atoms with van der Waals surface area (Å²) in [6.07, 6.45) is 3.61. The summed E-state index contributed by atoms with van der Waals surface area (Å²) in [7, 11) is 2.58. The summed E-state index contributed by atoms with van der Waals surface area (Å²) in [5.41, 5.74) is 7.17. The third-order valence-electron chi connectivity index (χ3n) is 13.0. The lowest BCUT2D eigenvalue weighted by Crippen LogP contribution is -2.51. The highest BCUT2D eigenvalue weighted by molar-refractivity contribution is 5.87. The molecule has 3 saturated heterocycles. The predicted octanol–water partition coefficient (Wildman–Crippen LogP) is 7.48. The van der Waals surface area contributed by atoms with Gasteiger partial charge < -0.3 is 44.8 Å². The van der Waals surface area contributed by atoms with E-state index in [1.54, 1.807) is 0 Å². The summed E-state index contributed by atoms with van der Waals surface area (Å²) < 4.78 is 9.62. The van der Waals surface area contributed by atoms with E-state index in [0.717, 1.165) is 89.1 Å². The average molecular weight is 857 g/mol. The van der Waals surface area contributed by atoms with Crippen molar-refractivity contribution in [1.82, 2.24) is 40.4 Å². The van der Waals surface area contributed by atoms with E-state index in [0.29, 0.717) is 18.7 Å². The Kier molecular flexibility index (Phi) is 12.3. The van der Waals surface area contributed by atoms with E-state index in [1.165, 1.54) is 14.2 Å². The number of ether oxygens (including phenoxy) is 2. The van der Waals surface area contributed by atoms with Gasteiger partial charge in [0.15, 0.2) is 0 Å². The Balaban J connectivity index is 1.07. The summed E-state index contributed by atoms with van der Waals surface area (Å²) in [5.74, 6) is 0.864. The summed E-state index contributed by atoms with van der Waals surface area (Å²) in [5, 5.41) is 15.1. The number of amides is 4. The SMILES string of the molecule is COC(=O)N[C@H](C(=O)N1CCC[C@H]1c1nc2cc([C@H]3CC[C@H](c4ccc5nc([C@@H]6CCCN6C(=O)[C@@H](NC(=O)OC)C(C)C)[nH]c5c4)N3c3ccc(C#N)cc3)ccc2[nH]1)C(C)C. The fourth-order valence-electron chi connectivity index (χ4n) is 9.74. The van der Waals surface area contributed by atoms with Gasteiger partial charge in [0.05, 0.1) is 72.1 Å². The van der Waals surface area contributed by atoms with E-state index in [9.17, 15) is 24.4 Å². The number of fused-ring (bicyclic) bond motifs is 2. The van der Waals surface area contributed by atoms with Crippen LogP contribution in [-0.4, -0.2) is 93.1 Å². The molecule has 5 aromatic rings. The summed E-state index contributed by atoms with van der Waals surface area (Å²) in [6.45, 7) is 8.75. The van der Waals surface area contributed by atoms with Crippen molar-refractivity contribution >= 4 is 51.8 Å². The quantitative estimate of drug-likeness (QED) is 0.103. The lowest BCUT2D eigenvalue weighted by molar-refractivity contribution is -0.136. The molecule has 16 nitrogen and oxygen atoms in total. The van der Waals surface area contributed by atoms with E-state index in [2.05, 4.69) is 61.9 Å². The molecule has 8 rings (SSSR count). The van der Waals surface area contributed by atoms with Gasteiger partial charge in [-0.1, -0.05) is 39.8 Å². The van der Waals surface area contributed by atoms with Crippen LogP contribution in [0.25, 0.3) is 22.1 Å². The van der Waals surface area contributed by atoms with Gasteiger partial charge in [0.1, 0.15) is 23.7 Å². The second-order valence-electron chi connectivity index (χ2n) is 17.6. The molecule has 0 bridgehead atoms. The Morgan fingerprint density at radius 2 is 1.17 bits per heavy atom. The number of alkyl carbamates (subject to hydrolysis) is 2. The van der Waals surface area contributed by atoms with Crippen molar-refractivity contribution in [2.45, 2.75) is 102 Å². The number of methoxy groups -OCH3 is 2. The largest absolute Gasteiger partial charge is 0.453 e. The Labute approximate surface area is 366 Å². The molecule has 5 heterocycles. The van der Waals surface area contributed by atoms with Crippen molar-refractivity contribution in [2.24, 2.45) is 11.8 Å². The summed E-state index contributed by atoms with van der Waals surface area (Å²) >= 11 is 0. The van der Waals surface area contributed by atoms with Gasteiger partial charge in [-0.15, -0.1) is 0 Å². The minimum absolute atomic E-state index is 0.00385. The number of rotatable bonds is 11.